The summed E-state index contributed by atoms with van der Waals surface area (Å²) >= 11 is 0. The van der Waals surface area contributed by atoms with Crippen LogP contribution in [-0.4, -0.2) is 10.1 Å². The van der Waals surface area contributed by atoms with Gasteiger partial charge in [-0.05, 0) is 31.0 Å². The summed E-state index contributed by atoms with van der Waals surface area (Å²) in [5.74, 6) is -0.0511. The van der Waals surface area contributed by atoms with Gasteiger partial charge in [-0.1, -0.05) is 37.2 Å². The molecule has 0 radical (unpaired) electrons. The van der Waals surface area contributed by atoms with Crippen molar-refractivity contribution >= 4 is 5.57 Å². The first-order valence-electron chi connectivity index (χ1n) is 7.87. The second-order valence-corrected chi connectivity index (χ2v) is 6.20. The van der Waals surface area contributed by atoms with E-state index in [2.05, 4.69) is 10.1 Å². The predicted molar refractivity (Wildman–Crippen MR) is 87.4 cm³/mol. The monoisotopic (exact) mass is 390 g/mol. The molecule has 1 aromatic heterocycles. The molecule has 2 aromatic rings. The Morgan fingerprint density at radius 2 is 1.56 bits per heavy atom. The first kappa shape index (κ1) is 20.7. The van der Waals surface area contributed by atoms with E-state index < -0.39 is 29.0 Å². The quantitative estimate of drug-likeness (QED) is 0.449. The largest absolute Gasteiger partial charge is 0.416 e. The van der Waals surface area contributed by atoms with E-state index in [1.165, 1.54) is 0 Å². The Hall–Kier alpha value is -2.58. The van der Waals surface area contributed by atoms with Crippen molar-refractivity contribution in [3.8, 4) is 11.4 Å². The molecule has 0 atom stereocenters. The van der Waals surface area contributed by atoms with Crippen molar-refractivity contribution in [2.24, 2.45) is 5.92 Å². The lowest BCUT2D eigenvalue weighted by molar-refractivity contribution is -0.143. The van der Waals surface area contributed by atoms with Crippen molar-refractivity contribution in [2.45, 2.75) is 33.1 Å². The Kier molecular flexibility index (Phi) is 5.82. The highest BCUT2D eigenvalue weighted by atomic mass is 19.4. The lowest BCUT2D eigenvalue weighted by Crippen LogP contribution is -2.11. The maximum Gasteiger partial charge on any atom is 0.416 e. The highest BCUT2D eigenvalue weighted by Crippen LogP contribution is 2.38. The highest BCUT2D eigenvalue weighted by molar-refractivity contribution is 5.63. The molecule has 0 bridgehead atoms. The lowest BCUT2D eigenvalue weighted by Gasteiger charge is -2.12. The SMILES string of the molecule is C/C(=C\C=C\C(C)C)c1nc(-c2cc(C(F)(F)F)cc(C(F)(F)F)c2)no1. The van der Waals surface area contributed by atoms with E-state index in [0.717, 1.165) is 0 Å². The standard InChI is InChI=1S/C18H16F6N2O/c1-10(2)5-4-6-11(3)16-25-15(26-27-16)12-7-13(17(19,20)21)9-14(8-12)18(22,23)24/h4-10H,1-3H3/b5-4+,11-6+. The van der Waals surface area contributed by atoms with Crippen LogP contribution in [0, 0.1) is 5.92 Å². The van der Waals surface area contributed by atoms with Crippen molar-refractivity contribution in [3.05, 3.63) is 53.4 Å². The van der Waals surface area contributed by atoms with E-state index in [-0.39, 0.29) is 17.8 Å². The number of aromatic nitrogens is 2. The van der Waals surface area contributed by atoms with E-state index in [0.29, 0.717) is 23.6 Å². The Morgan fingerprint density at radius 1 is 1.00 bits per heavy atom. The van der Waals surface area contributed by atoms with Crippen molar-refractivity contribution in [1.82, 2.24) is 10.1 Å². The van der Waals surface area contributed by atoms with Gasteiger partial charge in [-0.25, -0.2) is 0 Å². The Morgan fingerprint density at radius 3 is 2.04 bits per heavy atom. The van der Waals surface area contributed by atoms with Gasteiger partial charge in [-0.3, -0.25) is 0 Å². The van der Waals surface area contributed by atoms with Crippen molar-refractivity contribution < 1.29 is 30.9 Å². The number of alkyl halides is 6. The van der Waals surface area contributed by atoms with Gasteiger partial charge in [0.05, 0.1) is 11.1 Å². The van der Waals surface area contributed by atoms with Crippen LogP contribution >= 0.6 is 0 Å². The van der Waals surface area contributed by atoms with Crippen LogP contribution in [0.2, 0.25) is 0 Å². The summed E-state index contributed by atoms with van der Waals surface area (Å²) in [6.45, 7) is 5.57. The minimum Gasteiger partial charge on any atom is -0.334 e. The molecule has 0 unspecified atom stereocenters. The molecule has 0 saturated heterocycles. The summed E-state index contributed by atoms with van der Waals surface area (Å²) in [5, 5.41) is 3.51. The minimum atomic E-state index is -4.94. The van der Waals surface area contributed by atoms with Crippen LogP contribution < -0.4 is 0 Å². The van der Waals surface area contributed by atoms with Gasteiger partial charge < -0.3 is 4.52 Å². The average molecular weight is 390 g/mol. The van der Waals surface area contributed by atoms with Crippen LogP contribution in [-0.2, 0) is 12.4 Å². The number of benzene rings is 1. The topological polar surface area (TPSA) is 38.9 Å². The van der Waals surface area contributed by atoms with E-state index in [1.807, 2.05) is 19.9 Å². The van der Waals surface area contributed by atoms with Gasteiger partial charge in [-0.15, -0.1) is 0 Å². The van der Waals surface area contributed by atoms with Gasteiger partial charge in [0.2, 0.25) is 5.82 Å². The van der Waals surface area contributed by atoms with Gasteiger partial charge in [0, 0.05) is 11.1 Å². The molecule has 9 heteroatoms. The molecule has 0 N–H and O–H groups in total. The van der Waals surface area contributed by atoms with Crippen molar-refractivity contribution in [1.29, 1.82) is 0 Å². The normalized spacial score (nSPS) is 13.8. The van der Waals surface area contributed by atoms with Crippen LogP contribution in [0.5, 0.6) is 0 Å². The zero-order valence-electron chi connectivity index (χ0n) is 14.6. The van der Waals surface area contributed by atoms with E-state index in [9.17, 15) is 26.3 Å². The molecule has 1 aromatic carbocycles. The molecule has 3 nitrogen and oxygen atoms in total. The van der Waals surface area contributed by atoms with Gasteiger partial charge in [0.15, 0.2) is 0 Å². The molecular weight excluding hydrogens is 374 g/mol. The van der Waals surface area contributed by atoms with Crippen LogP contribution in [0.1, 0.15) is 37.8 Å². The Bertz CT molecular complexity index is 827. The van der Waals surface area contributed by atoms with Crippen LogP contribution in [0.25, 0.3) is 17.0 Å². The van der Waals surface area contributed by atoms with Crippen molar-refractivity contribution in [2.75, 3.05) is 0 Å². The molecule has 146 valence electrons. The summed E-state index contributed by atoms with van der Waals surface area (Å²) in [5.41, 5.74) is -2.79. The number of rotatable bonds is 4. The van der Waals surface area contributed by atoms with E-state index in [4.69, 9.17) is 4.52 Å². The van der Waals surface area contributed by atoms with Gasteiger partial charge >= 0.3 is 12.4 Å². The van der Waals surface area contributed by atoms with Crippen molar-refractivity contribution in [3.63, 3.8) is 0 Å². The molecular formula is C18H16F6N2O. The third-order valence-corrected chi connectivity index (χ3v) is 3.45. The zero-order valence-corrected chi connectivity index (χ0v) is 14.6. The first-order valence-corrected chi connectivity index (χ1v) is 7.87. The summed E-state index contributed by atoms with van der Waals surface area (Å²) in [4.78, 5) is 3.91. The lowest BCUT2D eigenvalue weighted by atomic mass is 10.0. The number of hydrogen-bond acceptors (Lipinski definition) is 3. The smallest absolute Gasteiger partial charge is 0.334 e. The van der Waals surface area contributed by atoms with Crippen LogP contribution in [0.3, 0.4) is 0 Å². The molecule has 0 amide bonds. The fourth-order valence-corrected chi connectivity index (χ4v) is 2.08. The van der Waals surface area contributed by atoms with Gasteiger partial charge in [0.1, 0.15) is 0 Å². The number of hydrogen-bond donors (Lipinski definition) is 0. The summed E-state index contributed by atoms with van der Waals surface area (Å²) in [6.07, 6.45) is -4.59. The number of halogens is 6. The fraction of sp³-hybridized carbons (Fsp3) is 0.333. The summed E-state index contributed by atoms with van der Waals surface area (Å²) in [6, 6.07) is 1.16. The molecule has 0 spiro atoms. The van der Waals surface area contributed by atoms with E-state index >= 15 is 0 Å². The fourth-order valence-electron chi connectivity index (χ4n) is 2.08. The molecule has 0 fully saturated rings. The Labute approximate surface area is 151 Å². The maximum atomic E-state index is 12.9. The minimum absolute atomic E-state index is 0.00405. The summed E-state index contributed by atoms with van der Waals surface area (Å²) < 4.78 is 82.6. The van der Waals surface area contributed by atoms with E-state index in [1.54, 1.807) is 19.1 Å². The highest BCUT2D eigenvalue weighted by Gasteiger charge is 2.37. The molecule has 0 aliphatic heterocycles. The summed E-state index contributed by atoms with van der Waals surface area (Å²) in [7, 11) is 0. The Balaban J connectivity index is 2.46. The predicted octanol–water partition coefficient (Wildman–Crippen LogP) is 6.39. The molecule has 27 heavy (non-hydrogen) atoms. The number of allylic oxidation sites excluding steroid dienone is 4. The third-order valence-electron chi connectivity index (χ3n) is 3.45. The second-order valence-electron chi connectivity index (χ2n) is 6.20. The van der Waals surface area contributed by atoms with Crippen LogP contribution in [0.15, 0.2) is 41.0 Å². The number of nitrogens with zero attached hydrogens (tertiary/aromatic N) is 2. The molecule has 2 rings (SSSR count). The first-order chi connectivity index (χ1) is 12.4. The molecule has 0 aliphatic carbocycles. The van der Waals surface area contributed by atoms with Crippen LogP contribution in [0.4, 0.5) is 26.3 Å². The van der Waals surface area contributed by atoms with Gasteiger partial charge in [0.25, 0.3) is 5.89 Å². The molecule has 0 saturated carbocycles. The molecule has 0 aliphatic rings. The average Bonchev–Trinajstić information content (AvgIpc) is 3.02. The molecule has 1 heterocycles. The maximum absolute atomic E-state index is 12.9. The third kappa shape index (κ3) is 5.45. The zero-order chi connectivity index (χ0) is 20.4. The van der Waals surface area contributed by atoms with Gasteiger partial charge in [-0.2, -0.15) is 31.3 Å². The second kappa shape index (κ2) is 7.58.